The lowest BCUT2D eigenvalue weighted by Gasteiger charge is -2.42. The number of benzene rings is 2. The summed E-state index contributed by atoms with van der Waals surface area (Å²) in [7, 11) is 0. The van der Waals surface area contributed by atoms with E-state index in [1.54, 1.807) is 18.2 Å². The number of nitriles is 1. The van der Waals surface area contributed by atoms with Gasteiger partial charge in [-0.15, -0.1) is 0 Å². The van der Waals surface area contributed by atoms with Crippen LogP contribution >= 0.6 is 23.2 Å². The molecule has 0 bridgehead atoms. The van der Waals surface area contributed by atoms with E-state index in [9.17, 15) is 20.2 Å². The Labute approximate surface area is 243 Å². The number of hydrogen-bond acceptors (Lipinski definition) is 7. The van der Waals surface area contributed by atoms with Crippen molar-refractivity contribution in [2.75, 3.05) is 24.5 Å². The minimum atomic E-state index is -0.396. The molecule has 208 valence electrons. The number of carbonyl (C=O) groups is 1. The molecule has 2 heterocycles. The topological polar surface area (TPSA) is 115 Å². The minimum Gasteiger partial charge on any atom is -0.364 e. The van der Waals surface area contributed by atoms with E-state index in [0.717, 1.165) is 43.6 Å². The van der Waals surface area contributed by atoms with Crippen molar-refractivity contribution in [3.8, 4) is 6.07 Å². The van der Waals surface area contributed by atoms with Crippen LogP contribution in [0.4, 0.5) is 11.4 Å². The number of carbonyl (C=O) groups excluding carboxylic acids is 1. The zero-order valence-electron chi connectivity index (χ0n) is 22.1. The molecule has 0 radical (unpaired) electrons. The number of halogens is 2. The maximum absolute atomic E-state index is 12.6. The first-order valence-corrected chi connectivity index (χ1v) is 13.8. The summed E-state index contributed by atoms with van der Waals surface area (Å²) in [4.78, 5) is 31.9. The van der Waals surface area contributed by atoms with Gasteiger partial charge in [0.15, 0.2) is 0 Å². The fourth-order valence-electron chi connectivity index (χ4n) is 5.07. The van der Waals surface area contributed by atoms with Crippen LogP contribution in [0.2, 0.25) is 10.0 Å². The fraction of sp³-hybridized carbons (Fsp3) is 0.345. The van der Waals surface area contributed by atoms with E-state index in [1.807, 2.05) is 18.2 Å². The molecule has 1 atom stereocenters. The molecule has 1 fully saturated rings. The Hall–Kier alpha value is -3.71. The van der Waals surface area contributed by atoms with Gasteiger partial charge < -0.3 is 15.1 Å². The first-order valence-electron chi connectivity index (χ1n) is 13.1. The largest absolute Gasteiger partial charge is 0.364 e. The monoisotopic (exact) mass is 580 g/mol. The zero-order valence-corrected chi connectivity index (χ0v) is 23.6. The number of nitrogens with one attached hydrogen (secondary N) is 1. The SMILES string of the molecule is CC(CCNC(=O)c1c(Cl)cncc1Cl)N1CCC(N(Cc2cccc(C#N)c2)c2ccc([N+](=O)[O-])cc2)CC1. The van der Waals surface area contributed by atoms with Gasteiger partial charge in [-0.25, -0.2) is 0 Å². The van der Waals surface area contributed by atoms with Crippen molar-refractivity contribution in [2.45, 2.75) is 44.8 Å². The molecule has 1 aliphatic rings. The highest BCUT2D eigenvalue weighted by Crippen LogP contribution is 2.29. The molecule has 2 aromatic carbocycles. The summed E-state index contributed by atoms with van der Waals surface area (Å²) in [5.74, 6) is -0.317. The first-order chi connectivity index (χ1) is 19.3. The maximum Gasteiger partial charge on any atom is 0.269 e. The molecule has 0 aliphatic carbocycles. The average Bonchev–Trinajstić information content (AvgIpc) is 2.96. The van der Waals surface area contributed by atoms with Crippen molar-refractivity contribution in [3.05, 3.63) is 97.8 Å². The number of pyridine rings is 1. The van der Waals surface area contributed by atoms with Crippen molar-refractivity contribution in [1.82, 2.24) is 15.2 Å². The molecule has 1 aromatic heterocycles. The van der Waals surface area contributed by atoms with Crippen molar-refractivity contribution >= 4 is 40.5 Å². The summed E-state index contributed by atoms with van der Waals surface area (Å²) in [5, 5.41) is 23.9. The van der Waals surface area contributed by atoms with Gasteiger partial charge in [-0.3, -0.25) is 19.9 Å². The summed E-state index contributed by atoms with van der Waals surface area (Å²) in [6.07, 6.45) is 5.39. The number of nitrogens with zero attached hydrogens (tertiary/aromatic N) is 5. The number of anilines is 1. The second-order valence-electron chi connectivity index (χ2n) is 9.85. The number of rotatable bonds is 10. The number of amides is 1. The number of hydrogen-bond donors (Lipinski definition) is 1. The lowest BCUT2D eigenvalue weighted by Crippen LogP contribution is -2.48. The lowest BCUT2D eigenvalue weighted by atomic mass is 9.99. The van der Waals surface area contributed by atoms with Crippen LogP contribution in [-0.2, 0) is 6.54 Å². The molecule has 0 spiro atoms. The molecule has 1 saturated heterocycles. The fourth-order valence-corrected chi connectivity index (χ4v) is 5.60. The van der Waals surface area contributed by atoms with Crippen LogP contribution in [0, 0.1) is 21.4 Å². The Kier molecular flexibility index (Phi) is 9.93. The third-order valence-corrected chi connectivity index (χ3v) is 7.87. The van der Waals surface area contributed by atoms with Gasteiger partial charge in [-0.2, -0.15) is 5.26 Å². The molecule has 1 aliphatic heterocycles. The van der Waals surface area contributed by atoms with E-state index in [0.29, 0.717) is 18.7 Å². The third-order valence-electron chi connectivity index (χ3n) is 7.29. The highest BCUT2D eigenvalue weighted by Gasteiger charge is 2.28. The second-order valence-corrected chi connectivity index (χ2v) is 10.7. The molecule has 9 nitrogen and oxygen atoms in total. The molecular formula is C29H30Cl2N6O3. The minimum absolute atomic E-state index is 0.0550. The van der Waals surface area contributed by atoms with Gasteiger partial charge in [-0.1, -0.05) is 35.3 Å². The number of aromatic nitrogens is 1. The highest BCUT2D eigenvalue weighted by atomic mass is 35.5. The van der Waals surface area contributed by atoms with Crippen LogP contribution in [0.1, 0.15) is 47.7 Å². The molecule has 11 heteroatoms. The van der Waals surface area contributed by atoms with Crippen LogP contribution in [0.5, 0.6) is 0 Å². The van der Waals surface area contributed by atoms with Crippen LogP contribution in [0.25, 0.3) is 0 Å². The van der Waals surface area contributed by atoms with Gasteiger partial charge in [0.2, 0.25) is 0 Å². The Morgan fingerprint density at radius 1 is 1.20 bits per heavy atom. The van der Waals surface area contributed by atoms with E-state index >= 15 is 0 Å². The van der Waals surface area contributed by atoms with Gasteiger partial charge >= 0.3 is 0 Å². The zero-order chi connectivity index (χ0) is 28.6. The second kappa shape index (κ2) is 13.6. The van der Waals surface area contributed by atoms with E-state index in [-0.39, 0.29) is 39.3 Å². The molecule has 1 unspecified atom stereocenters. The Balaban J connectivity index is 1.37. The highest BCUT2D eigenvalue weighted by molar-refractivity contribution is 6.39. The number of piperidine rings is 1. The maximum atomic E-state index is 12.6. The van der Waals surface area contributed by atoms with Crippen LogP contribution < -0.4 is 10.2 Å². The van der Waals surface area contributed by atoms with Crippen LogP contribution in [0.15, 0.2) is 60.9 Å². The van der Waals surface area contributed by atoms with E-state index in [2.05, 4.69) is 33.1 Å². The Bertz CT molecular complexity index is 1370. The molecule has 1 amide bonds. The van der Waals surface area contributed by atoms with Crippen molar-refractivity contribution in [2.24, 2.45) is 0 Å². The quantitative estimate of drug-likeness (QED) is 0.236. The Morgan fingerprint density at radius 3 is 2.50 bits per heavy atom. The standard InChI is InChI=1S/C29H30Cl2N6O3/c1-20(9-12-34-29(38)28-26(30)17-33-18-27(28)31)35-13-10-24(11-14-35)36(19-22-4-2-3-21(15-22)16-32)23-5-7-25(8-6-23)37(39)40/h2-8,15,17-18,20,24H,9-14,19H2,1H3,(H,34,38). The summed E-state index contributed by atoms with van der Waals surface area (Å²) in [6.45, 7) is 4.99. The van der Waals surface area contributed by atoms with Crippen molar-refractivity contribution < 1.29 is 9.72 Å². The van der Waals surface area contributed by atoms with Gasteiger partial charge in [0, 0.05) is 68.5 Å². The van der Waals surface area contributed by atoms with E-state index in [4.69, 9.17) is 23.2 Å². The van der Waals surface area contributed by atoms with Gasteiger partial charge in [0.25, 0.3) is 11.6 Å². The predicted molar refractivity (Wildman–Crippen MR) is 156 cm³/mol. The third kappa shape index (κ3) is 7.27. The van der Waals surface area contributed by atoms with Crippen LogP contribution in [0.3, 0.4) is 0 Å². The summed E-state index contributed by atoms with van der Waals surface area (Å²) >= 11 is 12.2. The predicted octanol–water partition coefficient (Wildman–Crippen LogP) is 5.85. The Morgan fingerprint density at radius 2 is 1.88 bits per heavy atom. The molecule has 3 aromatic rings. The van der Waals surface area contributed by atoms with Crippen molar-refractivity contribution in [3.63, 3.8) is 0 Å². The smallest absolute Gasteiger partial charge is 0.269 e. The van der Waals surface area contributed by atoms with Crippen LogP contribution in [-0.4, -0.2) is 52.4 Å². The number of nitro benzene ring substituents is 1. The van der Waals surface area contributed by atoms with Crippen molar-refractivity contribution in [1.29, 1.82) is 5.26 Å². The molecular weight excluding hydrogens is 551 g/mol. The van der Waals surface area contributed by atoms with Gasteiger partial charge in [0.05, 0.1) is 32.2 Å². The molecule has 4 rings (SSSR count). The summed E-state index contributed by atoms with van der Waals surface area (Å²) < 4.78 is 0. The van der Waals surface area contributed by atoms with Gasteiger partial charge in [-0.05, 0) is 56.0 Å². The van der Waals surface area contributed by atoms with E-state index < -0.39 is 4.92 Å². The van der Waals surface area contributed by atoms with Gasteiger partial charge in [0.1, 0.15) is 0 Å². The molecule has 40 heavy (non-hydrogen) atoms. The number of non-ortho nitro benzene ring substituents is 1. The average molecular weight is 582 g/mol. The lowest BCUT2D eigenvalue weighted by molar-refractivity contribution is -0.384. The number of likely N-dealkylation sites (tertiary alicyclic amines) is 1. The summed E-state index contributed by atoms with van der Waals surface area (Å²) in [5.41, 5.74) is 2.82. The molecule has 0 saturated carbocycles. The summed E-state index contributed by atoms with van der Waals surface area (Å²) in [6, 6.07) is 16.9. The first kappa shape index (κ1) is 29.3. The van der Waals surface area contributed by atoms with E-state index in [1.165, 1.54) is 24.5 Å². The molecule has 1 N–H and O–H groups in total. The normalized spacial score (nSPS) is 14.8. The number of nitro groups is 1.